The molecule has 0 amide bonds. The summed E-state index contributed by atoms with van der Waals surface area (Å²) in [6.45, 7) is 1.52. The summed E-state index contributed by atoms with van der Waals surface area (Å²) in [4.78, 5) is 17.3. The lowest BCUT2D eigenvalue weighted by molar-refractivity contribution is 0.0698. The van der Waals surface area contributed by atoms with Crippen LogP contribution in [0.25, 0.3) is 0 Å². The van der Waals surface area contributed by atoms with E-state index in [1.54, 1.807) is 0 Å². The zero-order valence-corrected chi connectivity index (χ0v) is 11.1. The van der Waals surface area contributed by atoms with Crippen LogP contribution >= 0.6 is 0 Å². The summed E-state index contributed by atoms with van der Waals surface area (Å²) in [7, 11) is -4.04. The molecule has 9 heteroatoms. The molecule has 8 nitrogen and oxygen atoms in total. The quantitative estimate of drug-likeness (QED) is 0.663. The van der Waals surface area contributed by atoms with Crippen molar-refractivity contribution >= 4 is 21.7 Å². The molecule has 1 aromatic carbocycles. The molecule has 0 atom stereocenters. The third-order valence-electron chi connectivity index (χ3n) is 2.52. The Morgan fingerprint density at radius 1 is 1.40 bits per heavy atom. The summed E-state index contributed by atoms with van der Waals surface area (Å²) in [6.07, 6.45) is 1.21. The second kappa shape index (κ2) is 4.85. The van der Waals surface area contributed by atoms with E-state index in [1.807, 2.05) is 0 Å². The van der Waals surface area contributed by atoms with Gasteiger partial charge in [0.1, 0.15) is 5.75 Å². The van der Waals surface area contributed by atoms with Gasteiger partial charge in [0, 0.05) is 6.07 Å². The van der Waals surface area contributed by atoms with E-state index >= 15 is 0 Å². The highest BCUT2D eigenvalue weighted by molar-refractivity contribution is 7.92. The number of aromatic hydroxyl groups is 1. The minimum Gasteiger partial charge on any atom is -0.508 e. The highest BCUT2D eigenvalue weighted by atomic mass is 32.2. The Morgan fingerprint density at radius 2 is 2.10 bits per heavy atom. The molecule has 106 valence electrons. The van der Waals surface area contributed by atoms with Crippen LogP contribution in [0.1, 0.15) is 16.1 Å². The van der Waals surface area contributed by atoms with Crippen LogP contribution in [0.5, 0.6) is 5.75 Å². The minimum atomic E-state index is -4.04. The average molecular weight is 297 g/mol. The number of aromatic carboxylic acids is 1. The molecule has 1 aromatic heterocycles. The molecular formula is C11H11N3O5S. The Balaban J connectivity index is 2.47. The normalized spacial score (nSPS) is 11.2. The number of benzene rings is 1. The number of anilines is 1. The molecule has 2 rings (SSSR count). The van der Waals surface area contributed by atoms with Crippen LogP contribution in [0.4, 0.5) is 5.69 Å². The third kappa shape index (κ3) is 2.57. The number of phenols is 1. The predicted octanol–water partition coefficient (Wildman–Crippen LogP) is 0.923. The first-order chi connectivity index (χ1) is 9.31. The molecule has 2 aromatic rings. The molecule has 0 saturated carbocycles. The van der Waals surface area contributed by atoms with E-state index in [9.17, 15) is 18.3 Å². The smallest absolute Gasteiger partial charge is 0.337 e. The number of carboxylic acids is 1. The van der Waals surface area contributed by atoms with Gasteiger partial charge in [0.25, 0.3) is 10.0 Å². The molecule has 0 bridgehead atoms. The van der Waals surface area contributed by atoms with Gasteiger partial charge in [-0.25, -0.2) is 9.78 Å². The average Bonchev–Trinajstić information content (AvgIpc) is 2.75. The van der Waals surface area contributed by atoms with Gasteiger partial charge in [-0.05, 0) is 19.1 Å². The second-order valence-corrected chi connectivity index (χ2v) is 5.57. The number of carboxylic acid groups (broad SMARTS) is 1. The van der Waals surface area contributed by atoms with Crippen LogP contribution in [0.15, 0.2) is 29.6 Å². The van der Waals surface area contributed by atoms with E-state index in [4.69, 9.17) is 5.11 Å². The van der Waals surface area contributed by atoms with Crippen LogP contribution in [-0.4, -0.2) is 34.6 Å². The number of hydrogen-bond acceptors (Lipinski definition) is 5. The van der Waals surface area contributed by atoms with Crippen LogP contribution < -0.4 is 4.72 Å². The maximum absolute atomic E-state index is 12.1. The SMILES string of the molecule is Cc1[nH]cnc1S(=O)(=O)Nc1cc(O)ccc1C(=O)O. The molecule has 0 radical (unpaired) electrons. The number of sulfonamides is 1. The van der Waals surface area contributed by atoms with Gasteiger partial charge >= 0.3 is 5.97 Å². The first-order valence-electron chi connectivity index (χ1n) is 5.40. The number of aromatic nitrogens is 2. The molecule has 20 heavy (non-hydrogen) atoms. The van der Waals surface area contributed by atoms with E-state index in [-0.39, 0.29) is 22.0 Å². The van der Waals surface area contributed by atoms with Gasteiger partial charge in [-0.3, -0.25) is 4.72 Å². The number of nitrogens with one attached hydrogen (secondary N) is 2. The third-order valence-corrected chi connectivity index (χ3v) is 3.93. The fourth-order valence-corrected chi connectivity index (χ4v) is 2.82. The maximum atomic E-state index is 12.1. The number of imidazole rings is 1. The van der Waals surface area contributed by atoms with Gasteiger partial charge in [0.15, 0.2) is 5.03 Å². The summed E-state index contributed by atoms with van der Waals surface area (Å²) in [5, 5.41) is 18.1. The van der Waals surface area contributed by atoms with Crippen molar-refractivity contribution in [3.05, 3.63) is 35.8 Å². The summed E-state index contributed by atoms with van der Waals surface area (Å²) >= 11 is 0. The van der Waals surface area contributed by atoms with E-state index < -0.39 is 16.0 Å². The van der Waals surface area contributed by atoms with E-state index in [0.29, 0.717) is 5.69 Å². The Kier molecular flexibility index (Phi) is 3.36. The lowest BCUT2D eigenvalue weighted by atomic mass is 10.2. The number of hydrogen-bond donors (Lipinski definition) is 4. The standard InChI is InChI=1S/C11H11N3O5S/c1-6-10(13-5-12-6)20(18,19)14-9-4-7(15)2-3-8(9)11(16)17/h2-5,14-15H,1H3,(H,12,13)(H,16,17). The number of rotatable bonds is 4. The van der Waals surface area contributed by atoms with Crippen LogP contribution in [0, 0.1) is 6.92 Å². The van der Waals surface area contributed by atoms with Crippen LogP contribution in [0.3, 0.4) is 0 Å². The predicted molar refractivity (Wildman–Crippen MR) is 69.2 cm³/mol. The molecule has 0 fully saturated rings. The largest absolute Gasteiger partial charge is 0.508 e. The van der Waals surface area contributed by atoms with E-state index in [2.05, 4.69) is 14.7 Å². The first-order valence-corrected chi connectivity index (χ1v) is 6.88. The lowest BCUT2D eigenvalue weighted by Crippen LogP contribution is -2.16. The van der Waals surface area contributed by atoms with Crippen LogP contribution in [-0.2, 0) is 10.0 Å². The number of aryl methyl sites for hydroxylation is 1. The molecule has 4 N–H and O–H groups in total. The number of phenolic OH excluding ortho intramolecular Hbond substituents is 1. The van der Waals surface area contributed by atoms with Gasteiger partial charge in [-0.2, -0.15) is 8.42 Å². The number of H-pyrrole nitrogens is 1. The van der Waals surface area contributed by atoms with Crippen molar-refractivity contribution in [2.24, 2.45) is 0 Å². The van der Waals surface area contributed by atoms with Gasteiger partial charge in [0.05, 0.1) is 23.3 Å². The van der Waals surface area contributed by atoms with Crippen molar-refractivity contribution < 1.29 is 23.4 Å². The summed E-state index contributed by atoms with van der Waals surface area (Å²) in [5.74, 6) is -1.58. The van der Waals surface area contributed by atoms with Crippen molar-refractivity contribution in [3.63, 3.8) is 0 Å². The second-order valence-electron chi connectivity index (χ2n) is 3.97. The van der Waals surface area contributed by atoms with Crippen molar-refractivity contribution in [2.75, 3.05) is 4.72 Å². The summed E-state index contributed by atoms with van der Waals surface area (Å²) in [6, 6.07) is 3.27. The van der Waals surface area contributed by atoms with Gasteiger partial charge < -0.3 is 15.2 Å². The molecule has 0 unspecified atom stereocenters. The lowest BCUT2D eigenvalue weighted by Gasteiger charge is -2.10. The molecular weight excluding hydrogens is 286 g/mol. The fourth-order valence-electron chi connectivity index (χ4n) is 1.61. The van der Waals surface area contributed by atoms with Crippen molar-refractivity contribution in [1.82, 2.24) is 9.97 Å². The van der Waals surface area contributed by atoms with Crippen molar-refractivity contribution in [3.8, 4) is 5.75 Å². The van der Waals surface area contributed by atoms with E-state index in [0.717, 1.165) is 18.2 Å². The van der Waals surface area contributed by atoms with Crippen molar-refractivity contribution in [2.45, 2.75) is 11.9 Å². The van der Waals surface area contributed by atoms with Gasteiger partial charge in [-0.15, -0.1) is 0 Å². The summed E-state index contributed by atoms with van der Waals surface area (Å²) in [5.41, 5.74) is -0.200. The highest BCUT2D eigenvalue weighted by Gasteiger charge is 2.22. The molecule has 0 aliphatic carbocycles. The molecule has 1 heterocycles. The van der Waals surface area contributed by atoms with Gasteiger partial charge in [0.2, 0.25) is 0 Å². The summed E-state index contributed by atoms with van der Waals surface area (Å²) < 4.78 is 26.3. The van der Waals surface area contributed by atoms with Crippen LogP contribution in [0.2, 0.25) is 0 Å². The first kappa shape index (κ1) is 13.9. The van der Waals surface area contributed by atoms with Crippen molar-refractivity contribution in [1.29, 1.82) is 0 Å². The number of carbonyl (C=O) groups is 1. The van der Waals surface area contributed by atoms with Gasteiger partial charge in [-0.1, -0.05) is 0 Å². The Bertz CT molecular complexity index is 766. The fraction of sp³-hybridized carbons (Fsp3) is 0.0909. The Morgan fingerprint density at radius 3 is 2.65 bits per heavy atom. The monoisotopic (exact) mass is 297 g/mol. The highest BCUT2D eigenvalue weighted by Crippen LogP contribution is 2.24. The topological polar surface area (TPSA) is 132 Å². The molecule has 0 aliphatic heterocycles. The zero-order valence-electron chi connectivity index (χ0n) is 10.3. The molecule has 0 saturated heterocycles. The molecule has 0 aliphatic rings. The number of nitrogens with zero attached hydrogens (tertiary/aromatic N) is 1. The molecule has 0 spiro atoms. The Hall–Kier alpha value is -2.55. The Labute approximate surface area is 114 Å². The maximum Gasteiger partial charge on any atom is 0.337 e. The zero-order chi connectivity index (χ0) is 14.9. The van der Waals surface area contributed by atoms with E-state index in [1.165, 1.54) is 13.3 Å². The number of aromatic amines is 1. The minimum absolute atomic E-state index is 0.236.